The Morgan fingerprint density at radius 3 is 1.45 bits per heavy atom. The molecule has 0 aliphatic heterocycles. The molecule has 0 saturated heterocycles. The SMILES string of the molecule is CCCCCCCCCCCCCCCCCCCCC(C(=O)O)c1ccccc1C. The molecular formula is C29H50O2. The molecule has 0 saturated carbocycles. The van der Waals surface area contributed by atoms with Crippen LogP contribution in [0.15, 0.2) is 24.3 Å². The van der Waals surface area contributed by atoms with Crippen LogP contribution in [0.5, 0.6) is 0 Å². The third-order valence-corrected chi connectivity index (χ3v) is 6.71. The largest absolute Gasteiger partial charge is 0.481 e. The number of carbonyl (C=O) groups is 1. The van der Waals surface area contributed by atoms with E-state index < -0.39 is 5.97 Å². The van der Waals surface area contributed by atoms with Crippen molar-refractivity contribution in [2.75, 3.05) is 0 Å². The Labute approximate surface area is 193 Å². The van der Waals surface area contributed by atoms with E-state index in [2.05, 4.69) is 6.92 Å². The van der Waals surface area contributed by atoms with Crippen molar-refractivity contribution in [1.82, 2.24) is 0 Å². The van der Waals surface area contributed by atoms with Crippen molar-refractivity contribution >= 4 is 5.97 Å². The van der Waals surface area contributed by atoms with E-state index in [-0.39, 0.29) is 5.92 Å². The zero-order valence-corrected chi connectivity index (χ0v) is 20.7. The summed E-state index contributed by atoms with van der Waals surface area (Å²) in [4.78, 5) is 11.7. The summed E-state index contributed by atoms with van der Waals surface area (Å²) in [5, 5.41) is 9.59. The predicted octanol–water partition coefficient (Wildman–Crippen LogP) is 9.60. The summed E-state index contributed by atoms with van der Waals surface area (Å²) in [5.74, 6) is -1.02. The van der Waals surface area contributed by atoms with Crippen LogP contribution in [0.2, 0.25) is 0 Å². The maximum atomic E-state index is 11.7. The van der Waals surface area contributed by atoms with Crippen LogP contribution < -0.4 is 0 Å². The lowest BCUT2D eigenvalue weighted by Crippen LogP contribution is -2.12. The minimum absolute atomic E-state index is 0.345. The van der Waals surface area contributed by atoms with Gasteiger partial charge in [-0.1, -0.05) is 147 Å². The van der Waals surface area contributed by atoms with Crippen molar-refractivity contribution in [2.24, 2.45) is 0 Å². The van der Waals surface area contributed by atoms with E-state index in [1.54, 1.807) is 0 Å². The van der Waals surface area contributed by atoms with Crippen molar-refractivity contribution in [2.45, 2.75) is 142 Å². The smallest absolute Gasteiger partial charge is 0.310 e. The highest BCUT2D eigenvalue weighted by atomic mass is 16.4. The quantitative estimate of drug-likeness (QED) is 0.197. The van der Waals surface area contributed by atoms with Gasteiger partial charge in [-0.2, -0.15) is 0 Å². The molecule has 2 heteroatoms. The molecule has 1 aromatic carbocycles. The van der Waals surface area contributed by atoms with Crippen molar-refractivity contribution in [3.63, 3.8) is 0 Å². The summed E-state index contributed by atoms with van der Waals surface area (Å²) in [5.41, 5.74) is 2.08. The van der Waals surface area contributed by atoms with Crippen molar-refractivity contribution in [1.29, 1.82) is 0 Å². The van der Waals surface area contributed by atoms with Crippen LogP contribution in [0.25, 0.3) is 0 Å². The summed E-state index contributed by atoms with van der Waals surface area (Å²) >= 11 is 0. The number of benzene rings is 1. The molecule has 178 valence electrons. The monoisotopic (exact) mass is 430 g/mol. The highest BCUT2D eigenvalue weighted by Gasteiger charge is 2.20. The van der Waals surface area contributed by atoms with Crippen LogP contribution in [0.1, 0.15) is 146 Å². The van der Waals surface area contributed by atoms with E-state index in [9.17, 15) is 9.90 Å². The van der Waals surface area contributed by atoms with Gasteiger partial charge < -0.3 is 5.11 Å². The van der Waals surface area contributed by atoms with Gasteiger partial charge in [0.1, 0.15) is 0 Å². The van der Waals surface area contributed by atoms with Crippen LogP contribution in [0.4, 0.5) is 0 Å². The number of carboxylic acids is 1. The van der Waals surface area contributed by atoms with Gasteiger partial charge in [0.25, 0.3) is 0 Å². The molecule has 1 atom stereocenters. The Morgan fingerprint density at radius 1 is 0.677 bits per heavy atom. The number of rotatable bonds is 21. The lowest BCUT2D eigenvalue weighted by Gasteiger charge is -2.15. The Balaban J connectivity index is 1.89. The summed E-state index contributed by atoms with van der Waals surface area (Å²) in [6.07, 6.45) is 25.3. The number of hydrogen-bond acceptors (Lipinski definition) is 1. The molecule has 0 spiro atoms. The van der Waals surface area contributed by atoms with Crippen LogP contribution in [-0.4, -0.2) is 11.1 Å². The predicted molar refractivity (Wildman–Crippen MR) is 135 cm³/mol. The van der Waals surface area contributed by atoms with Gasteiger partial charge >= 0.3 is 5.97 Å². The lowest BCUT2D eigenvalue weighted by molar-refractivity contribution is -0.139. The first-order valence-electron chi connectivity index (χ1n) is 13.4. The summed E-state index contributed by atoms with van der Waals surface area (Å²) < 4.78 is 0. The van der Waals surface area contributed by atoms with Gasteiger partial charge in [0, 0.05) is 0 Å². The number of carboxylic acid groups (broad SMARTS) is 1. The third kappa shape index (κ3) is 14.4. The molecule has 2 nitrogen and oxygen atoms in total. The van der Waals surface area contributed by atoms with Crippen LogP contribution in [0, 0.1) is 6.92 Å². The molecule has 0 heterocycles. The number of aryl methyl sites for hydroxylation is 1. The molecule has 1 rings (SSSR count). The highest BCUT2D eigenvalue weighted by molar-refractivity contribution is 5.76. The van der Waals surface area contributed by atoms with Crippen molar-refractivity contribution < 1.29 is 9.90 Å². The maximum absolute atomic E-state index is 11.7. The van der Waals surface area contributed by atoms with E-state index in [0.29, 0.717) is 0 Å². The van der Waals surface area contributed by atoms with Gasteiger partial charge in [-0.05, 0) is 24.5 Å². The molecule has 0 radical (unpaired) electrons. The molecule has 0 aliphatic rings. The summed E-state index contributed by atoms with van der Waals surface area (Å²) in [6.45, 7) is 4.30. The third-order valence-electron chi connectivity index (χ3n) is 6.71. The maximum Gasteiger partial charge on any atom is 0.310 e. The number of aliphatic carboxylic acids is 1. The fourth-order valence-electron chi connectivity index (χ4n) is 4.64. The fraction of sp³-hybridized carbons (Fsp3) is 0.759. The fourth-order valence-corrected chi connectivity index (χ4v) is 4.64. The zero-order chi connectivity index (χ0) is 22.6. The van der Waals surface area contributed by atoms with Crippen LogP contribution in [-0.2, 0) is 4.79 Å². The van der Waals surface area contributed by atoms with E-state index >= 15 is 0 Å². The minimum atomic E-state index is -0.679. The summed E-state index contributed by atoms with van der Waals surface area (Å²) in [6, 6.07) is 7.92. The van der Waals surface area contributed by atoms with Gasteiger partial charge in [-0.3, -0.25) is 4.79 Å². The van der Waals surface area contributed by atoms with E-state index in [4.69, 9.17) is 0 Å². The molecular weight excluding hydrogens is 380 g/mol. The molecule has 1 unspecified atom stereocenters. The van der Waals surface area contributed by atoms with Crippen molar-refractivity contribution in [3.8, 4) is 0 Å². The number of hydrogen-bond donors (Lipinski definition) is 1. The van der Waals surface area contributed by atoms with Gasteiger partial charge in [-0.25, -0.2) is 0 Å². The lowest BCUT2D eigenvalue weighted by atomic mass is 9.90. The first-order chi connectivity index (χ1) is 15.2. The standard InChI is InChI=1S/C29H50O2/c1-3-4-5-6-7-8-9-10-11-12-13-14-15-16-17-18-19-20-25-28(29(30)31)27-24-22-21-23-26(27)2/h21-24,28H,3-20,25H2,1-2H3,(H,30,31). The topological polar surface area (TPSA) is 37.3 Å². The average molecular weight is 431 g/mol. The molecule has 1 aromatic rings. The second-order valence-electron chi connectivity index (χ2n) is 9.55. The Morgan fingerprint density at radius 2 is 1.06 bits per heavy atom. The average Bonchev–Trinajstić information content (AvgIpc) is 2.76. The molecule has 0 amide bonds. The zero-order valence-electron chi connectivity index (χ0n) is 20.7. The summed E-state index contributed by atoms with van der Waals surface area (Å²) in [7, 11) is 0. The highest BCUT2D eigenvalue weighted by Crippen LogP contribution is 2.26. The molecule has 0 aliphatic carbocycles. The molecule has 0 bridgehead atoms. The Kier molecular flexibility index (Phi) is 17.3. The second kappa shape index (κ2) is 19.4. The van der Waals surface area contributed by atoms with E-state index in [1.807, 2.05) is 31.2 Å². The molecule has 1 N–H and O–H groups in total. The van der Waals surface area contributed by atoms with E-state index in [0.717, 1.165) is 30.4 Å². The first-order valence-corrected chi connectivity index (χ1v) is 13.4. The van der Waals surface area contributed by atoms with Crippen LogP contribution in [0.3, 0.4) is 0 Å². The van der Waals surface area contributed by atoms with E-state index in [1.165, 1.54) is 103 Å². The van der Waals surface area contributed by atoms with Gasteiger partial charge in [0.15, 0.2) is 0 Å². The van der Waals surface area contributed by atoms with Gasteiger partial charge in [0.2, 0.25) is 0 Å². The Hall–Kier alpha value is -1.31. The van der Waals surface area contributed by atoms with Crippen molar-refractivity contribution in [3.05, 3.63) is 35.4 Å². The van der Waals surface area contributed by atoms with Gasteiger partial charge in [0.05, 0.1) is 5.92 Å². The van der Waals surface area contributed by atoms with Crippen LogP contribution >= 0.6 is 0 Å². The molecule has 0 aromatic heterocycles. The van der Waals surface area contributed by atoms with Gasteiger partial charge in [-0.15, -0.1) is 0 Å². The molecule has 0 fully saturated rings. The number of unbranched alkanes of at least 4 members (excludes halogenated alkanes) is 17. The Bertz CT molecular complexity index is 551. The molecule has 31 heavy (non-hydrogen) atoms. The second-order valence-corrected chi connectivity index (χ2v) is 9.55. The first kappa shape index (κ1) is 27.7. The minimum Gasteiger partial charge on any atom is -0.481 e. The normalized spacial score (nSPS) is 12.2.